The average Bonchev–Trinajstić information content (AvgIpc) is 2.84. The van der Waals surface area contributed by atoms with Gasteiger partial charge < -0.3 is 0 Å². The van der Waals surface area contributed by atoms with Crippen molar-refractivity contribution in [2.45, 2.75) is 32.2 Å². The van der Waals surface area contributed by atoms with E-state index in [2.05, 4.69) is 9.82 Å². The SMILES string of the molecule is Cc1ccccc1Cn1nc(C)c(NS(=O)(=O)c2ccc(F)cc2F)c1C. The molecule has 0 bridgehead atoms. The number of rotatable bonds is 5. The molecule has 0 radical (unpaired) electrons. The van der Waals surface area contributed by atoms with E-state index in [1.54, 1.807) is 18.5 Å². The first-order valence-electron chi connectivity index (χ1n) is 8.25. The van der Waals surface area contributed by atoms with Crippen LogP contribution in [-0.2, 0) is 16.6 Å². The molecule has 5 nitrogen and oxygen atoms in total. The Morgan fingerprint density at radius 1 is 1.07 bits per heavy atom. The number of nitrogens with zero attached hydrogens (tertiary/aromatic N) is 2. The van der Waals surface area contributed by atoms with Crippen LogP contribution < -0.4 is 4.72 Å². The van der Waals surface area contributed by atoms with Crippen LogP contribution in [0.25, 0.3) is 0 Å². The van der Waals surface area contributed by atoms with Gasteiger partial charge in [0.25, 0.3) is 10.0 Å². The molecule has 0 fully saturated rings. The predicted molar refractivity (Wildman–Crippen MR) is 99.1 cm³/mol. The Morgan fingerprint density at radius 3 is 2.44 bits per heavy atom. The number of hydrogen-bond acceptors (Lipinski definition) is 3. The molecule has 8 heteroatoms. The number of sulfonamides is 1. The fourth-order valence-electron chi connectivity index (χ4n) is 2.83. The molecule has 0 unspecified atom stereocenters. The topological polar surface area (TPSA) is 64.0 Å². The Balaban J connectivity index is 1.94. The lowest BCUT2D eigenvalue weighted by molar-refractivity contribution is 0.551. The summed E-state index contributed by atoms with van der Waals surface area (Å²) in [5.74, 6) is -1.99. The van der Waals surface area contributed by atoms with Crippen molar-refractivity contribution in [3.05, 3.63) is 76.6 Å². The van der Waals surface area contributed by atoms with Crippen molar-refractivity contribution in [3.63, 3.8) is 0 Å². The Labute approximate surface area is 156 Å². The third kappa shape index (κ3) is 3.85. The summed E-state index contributed by atoms with van der Waals surface area (Å²) in [5, 5.41) is 4.40. The van der Waals surface area contributed by atoms with E-state index in [0.717, 1.165) is 23.3 Å². The molecular formula is C19H19F2N3O2S. The molecule has 3 rings (SSSR count). The van der Waals surface area contributed by atoms with Crippen molar-refractivity contribution in [1.82, 2.24) is 9.78 Å². The maximum absolute atomic E-state index is 13.9. The third-order valence-electron chi connectivity index (χ3n) is 4.38. The van der Waals surface area contributed by atoms with Gasteiger partial charge >= 0.3 is 0 Å². The van der Waals surface area contributed by atoms with E-state index in [1.807, 2.05) is 31.2 Å². The number of aryl methyl sites for hydroxylation is 2. The number of aromatic nitrogens is 2. The summed E-state index contributed by atoms with van der Waals surface area (Å²) in [5.41, 5.74) is 3.50. The molecule has 0 aliphatic carbocycles. The molecule has 2 aromatic carbocycles. The first-order valence-corrected chi connectivity index (χ1v) is 9.74. The van der Waals surface area contributed by atoms with E-state index >= 15 is 0 Å². The molecule has 0 aliphatic heterocycles. The van der Waals surface area contributed by atoms with E-state index in [-0.39, 0.29) is 5.69 Å². The number of benzene rings is 2. The molecule has 3 aromatic rings. The second-order valence-electron chi connectivity index (χ2n) is 6.31. The van der Waals surface area contributed by atoms with Crippen LogP contribution in [0, 0.1) is 32.4 Å². The van der Waals surface area contributed by atoms with Crippen LogP contribution in [0.5, 0.6) is 0 Å². The van der Waals surface area contributed by atoms with Gasteiger partial charge in [0.1, 0.15) is 16.5 Å². The van der Waals surface area contributed by atoms with Gasteiger partial charge in [-0.1, -0.05) is 24.3 Å². The first-order chi connectivity index (χ1) is 12.7. The highest BCUT2D eigenvalue weighted by Crippen LogP contribution is 2.25. The largest absolute Gasteiger partial charge is 0.276 e. The highest BCUT2D eigenvalue weighted by molar-refractivity contribution is 7.92. The number of halogens is 2. The predicted octanol–water partition coefficient (Wildman–Crippen LogP) is 3.94. The maximum Gasteiger partial charge on any atom is 0.264 e. The Morgan fingerprint density at radius 2 is 1.78 bits per heavy atom. The second kappa shape index (κ2) is 7.11. The van der Waals surface area contributed by atoms with E-state index < -0.39 is 26.6 Å². The summed E-state index contributed by atoms with van der Waals surface area (Å²) >= 11 is 0. The highest BCUT2D eigenvalue weighted by Gasteiger charge is 2.23. The van der Waals surface area contributed by atoms with Crippen molar-refractivity contribution in [1.29, 1.82) is 0 Å². The zero-order chi connectivity index (χ0) is 19.8. The van der Waals surface area contributed by atoms with E-state index in [4.69, 9.17) is 0 Å². The molecule has 1 N–H and O–H groups in total. The first kappa shape index (κ1) is 19.0. The molecule has 1 heterocycles. The number of anilines is 1. The normalized spacial score (nSPS) is 11.6. The summed E-state index contributed by atoms with van der Waals surface area (Å²) in [4.78, 5) is -0.616. The van der Waals surface area contributed by atoms with Crippen molar-refractivity contribution in [2.75, 3.05) is 4.72 Å². The van der Waals surface area contributed by atoms with Gasteiger partial charge in [0, 0.05) is 6.07 Å². The lowest BCUT2D eigenvalue weighted by Gasteiger charge is -2.10. The average molecular weight is 391 g/mol. The van der Waals surface area contributed by atoms with Crippen molar-refractivity contribution < 1.29 is 17.2 Å². The standard InChI is InChI=1S/C19H19F2N3O2S/c1-12-6-4-5-7-15(12)11-24-14(3)19(13(2)22-24)23-27(25,26)18-9-8-16(20)10-17(18)21/h4-10,23H,11H2,1-3H3. The van der Waals surface area contributed by atoms with Crippen LogP contribution in [0.4, 0.5) is 14.5 Å². The summed E-state index contributed by atoms with van der Waals surface area (Å²) in [6.45, 7) is 5.87. The van der Waals surface area contributed by atoms with Crippen LogP contribution in [0.1, 0.15) is 22.5 Å². The Kier molecular flexibility index (Phi) is 5.01. The molecule has 0 saturated heterocycles. The quantitative estimate of drug-likeness (QED) is 0.717. The lowest BCUT2D eigenvalue weighted by Crippen LogP contribution is -2.16. The van der Waals surface area contributed by atoms with E-state index in [9.17, 15) is 17.2 Å². The Hall–Kier alpha value is -2.74. The molecule has 1 aromatic heterocycles. The van der Waals surface area contributed by atoms with Gasteiger partial charge in [0.2, 0.25) is 0 Å². The van der Waals surface area contributed by atoms with E-state index in [0.29, 0.717) is 24.0 Å². The zero-order valence-electron chi connectivity index (χ0n) is 15.1. The maximum atomic E-state index is 13.9. The van der Waals surface area contributed by atoms with Crippen molar-refractivity contribution >= 4 is 15.7 Å². The molecular weight excluding hydrogens is 372 g/mol. The molecule has 0 spiro atoms. The monoisotopic (exact) mass is 391 g/mol. The lowest BCUT2D eigenvalue weighted by atomic mass is 10.1. The second-order valence-corrected chi connectivity index (χ2v) is 7.96. The van der Waals surface area contributed by atoms with Gasteiger partial charge in [-0.05, 0) is 44.0 Å². The van der Waals surface area contributed by atoms with Crippen molar-refractivity contribution in [3.8, 4) is 0 Å². The minimum atomic E-state index is -4.22. The zero-order valence-corrected chi connectivity index (χ0v) is 15.9. The third-order valence-corrected chi connectivity index (χ3v) is 5.77. The van der Waals surface area contributed by atoms with Crippen LogP contribution in [0.3, 0.4) is 0 Å². The number of hydrogen-bond donors (Lipinski definition) is 1. The van der Waals surface area contributed by atoms with Gasteiger partial charge in [-0.3, -0.25) is 9.40 Å². The molecule has 0 atom stereocenters. The van der Waals surface area contributed by atoms with Gasteiger partial charge in [0.05, 0.1) is 23.6 Å². The van der Waals surface area contributed by atoms with Crippen LogP contribution >= 0.6 is 0 Å². The van der Waals surface area contributed by atoms with Crippen LogP contribution in [-0.4, -0.2) is 18.2 Å². The van der Waals surface area contributed by atoms with Gasteiger partial charge in [-0.2, -0.15) is 5.10 Å². The molecule has 0 aliphatic rings. The Bertz CT molecular complexity index is 1110. The molecule has 0 amide bonds. The fraction of sp³-hybridized carbons (Fsp3) is 0.211. The van der Waals surface area contributed by atoms with Gasteiger partial charge in [0.15, 0.2) is 0 Å². The smallest absolute Gasteiger partial charge is 0.264 e. The van der Waals surface area contributed by atoms with E-state index in [1.165, 1.54) is 0 Å². The summed E-state index contributed by atoms with van der Waals surface area (Å²) in [7, 11) is -4.22. The highest BCUT2D eigenvalue weighted by atomic mass is 32.2. The van der Waals surface area contributed by atoms with Crippen molar-refractivity contribution in [2.24, 2.45) is 0 Å². The minimum Gasteiger partial charge on any atom is -0.276 e. The summed E-state index contributed by atoms with van der Waals surface area (Å²) < 4.78 is 56.1. The van der Waals surface area contributed by atoms with Crippen LogP contribution in [0.15, 0.2) is 47.4 Å². The van der Waals surface area contributed by atoms with Gasteiger partial charge in [-0.15, -0.1) is 0 Å². The van der Waals surface area contributed by atoms with Crippen LogP contribution in [0.2, 0.25) is 0 Å². The minimum absolute atomic E-state index is 0.285. The fourth-order valence-corrected chi connectivity index (χ4v) is 4.07. The van der Waals surface area contributed by atoms with Gasteiger partial charge in [-0.25, -0.2) is 17.2 Å². The molecule has 0 saturated carbocycles. The number of nitrogens with one attached hydrogen (secondary N) is 1. The summed E-state index contributed by atoms with van der Waals surface area (Å²) in [6, 6.07) is 10.2. The molecule has 27 heavy (non-hydrogen) atoms. The summed E-state index contributed by atoms with van der Waals surface area (Å²) in [6.07, 6.45) is 0. The molecule has 142 valence electrons.